The van der Waals surface area contributed by atoms with E-state index in [1.54, 1.807) is 6.07 Å². The summed E-state index contributed by atoms with van der Waals surface area (Å²) in [7, 11) is 0. The lowest BCUT2D eigenvalue weighted by Crippen LogP contribution is -2.33. The molecule has 0 spiro atoms. The molecule has 0 unspecified atom stereocenters. The summed E-state index contributed by atoms with van der Waals surface area (Å²) in [6.45, 7) is 9.48. The lowest BCUT2D eigenvalue weighted by molar-refractivity contribution is 0.0916. The van der Waals surface area contributed by atoms with Gasteiger partial charge in [0.05, 0.1) is 6.54 Å². The Balaban J connectivity index is 1.54. The van der Waals surface area contributed by atoms with Gasteiger partial charge >= 0.3 is 0 Å². The molecule has 3 rings (SSSR count). The molecule has 1 aromatic carbocycles. The van der Waals surface area contributed by atoms with Crippen LogP contribution >= 0.6 is 11.6 Å². The Morgan fingerprint density at radius 2 is 1.93 bits per heavy atom. The monoisotopic (exact) mass is 403 g/mol. The maximum Gasteiger partial charge on any atom is 0.287 e. The fourth-order valence-corrected chi connectivity index (χ4v) is 3.67. The van der Waals surface area contributed by atoms with Gasteiger partial charge in [0, 0.05) is 30.7 Å². The van der Waals surface area contributed by atoms with Crippen molar-refractivity contribution in [2.75, 3.05) is 26.2 Å². The maximum atomic E-state index is 12.3. The predicted molar refractivity (Wildman–Crippen MR) is 113 cm³/mol. The molecular formula is C22H30ClN3O2. The number of furan rings is 1. The summed E-state index contributed by atoms with van der Waals surface area (Å²) in [6.07, 6.45) is 2.52. The van der Waals surface area contributed by atoms with Crippen molar-refractivity contribution in [2.24, 2.45) is 0 Å². The van der Waals surface area contributed by atoms with Crippen molar-refractivity contribution in [2.45, 2.75) is 45.8 Å². The van der Waals surface area contributed by atoms with Crippen molar-refractivity contribution >= 4 is 17.5 Å². The third-order valence-corrected chi connectivity index (χ3v) is 5.59. The molecule has 152 valence electrons. The summed E-state index contributed by atoms with van der Waals surface area (Å²) in [6, 6.07) is 11.8. The van der Waals surface area contributed by atoms with Crippen molar-refractivity contribution in [1.29, 1.82) is 0 Å². The van der Waals surface area contributed by atoms with Gasteiger partial charge in [0.25, 0.3) is 5.91 Å². The van der Waals surface area contributed by atoms with Crippen molar-refractivity contribution in [1.82, 2.24) is 15.1 Å². The molecule has 0 bridgehead atoms. The normalized spacial score (nSPS) is 14.9. The second-order valence-electron chi connectivity index (χ2n) is 7.66. The summed E-state index contributed by atoms with van der Waals surface area (Å²) in [4.78, 5) is 17.0. The Labute approximate surface area is 172 Å². The van der Waals surface area contributed by atoms with Crippen molar-refractivity contribution in [3.05, 3.63) is 58.5 Å². The van der Waals surface area contributed by atoms with E-state index in [1.807, 2.05) is 30.3 Å². The number of nitrogens with zero attached hydrogens (tertiary/aromatic N) is 2. The Morgan fingerprint density at radius 3 is 2.64 bits per heavy atom. The highest BCUT2D eigenvalue weighted by Gasteiger charge is 2.17. The number of carbonyl (C=O) groups is 1. The van der Waals surface area contributed by atoms with E-state index in [9.17, 15) is 4.79 Å². The number of hydrogen-bond acceptors (Lipinski definition) is 4. The first-order valence-corrected chi connectivity index (χ1v) is 10.5. The topological polar surface area (TPSA) is 48.7 Å². The van der Waals surface area contributed by atoms with Crippen molar-refractivity contribution in [3.63, 3.8) is 0 Å². The smallest absolute Gasteiger partial charge is 0.287 e. The van der Waals surface area contributed by atoms with Crippen LogP contribution in [0.25, 0.3) is 0 Å². The van der Waals surface area contributed by atoms with Gasteiger partial charge in [-0.25, -0.2) is 0 Å². The maximum absolute atomic E-state index is 12.3. The van der Waals surface area contributed by atoms with Crippen LogP contribution in [0.4, 0.5) is 0 Å². The van der Waals surface area contributed by atoms with Crippen LogP contribution in [-0.4, -0.2) is 47.9 Å². The van der Waals surface area contributed by atoms with Gasteiger partial charge in [-0.15, -0.1) is 0 Å². The zero-order chi connectivity index (χ0) is 19.9. The van der Waals surface area contributed by atoms with Gasteiger partial charge in [-0.1, -0.05) is 29.8 Å². The third-order valence-electron chi connectivity index (χ3n) is 5.22. The van der Waals surface area contributed by atoms with Gasteiger partial charge in [0.15, 0.2) is 5.76 Å². The average molecular weight is 404 g/mol. The second kappa shape index (κ2) is 10.1. The van der Waals surface area contributed by atoms with E-state index in [1.165, 1.54) is 12.8 Å². The first-order chi connectivity index (χ1) is 13.5. The number of hydrogen-bond donors (Lipinski definition) is 1. The number of rotatable bonds is 9. The van der Waals surface area contributed by atoms with E-state index >= 15 is 0 Å². The van der Waals surface area contributed by atoms with Gasteiger partial charge in [0.2, 0.25) is 0 Å². The summed E-state index contributed by atoms with van der Waals surface area (Å²) in [5, 5.41) is 3.73. The van der Waals surface area contributed by atoms with Gasteiger partial charge in [-0.3, -0.25) is 9.69 Å². The van der Waals surface area contributed by atoms with E-state index in [2.05, 4.69) is 29.0 Å². The summed E-state index contributed by atoms with van der Waals surface area (Å²) < 4.78 is 5.82. The molecule has 28 heavy (non-hydrogen) atoms. The molecule has 1 aliphatic heterocycles. The molecule has 0 atom stereocenters. The van der Waals surface area contributed by atoms with Crippen molar-refractivity contribution in [3.8, 4) is 0 Å². The number of halogens is 1. The van der Waals surface area contributed by atoms with E-state index in [0.29, 0.717) is 24.9 Å². The van der Waals surface area contributed by atoms with E-state index < -0.39 is 0 Å². The minimum Gasteiger partial charge on any atom is -0.455 e. The molecule has 0 aliphatic carbocycles. The lowest BCUT2D eigenvalue weighted by Gasteiger charge is -2.26. The SMILES string of the molecule is CC(C)N(Cc1ccc(C(=O)NCCN2CCCC2)o1)Cc1ccccc1Cl. The molecule has 0 radical (unpaired) electrons. The number of carbonyl (C=O) groups excluding carboxylic acids is 1. The van der Waals surface area contributed by atoms with Gasteiger partial charge in [-0.05, 0) is 63.5 Å². The molecule has 0 saturated carbocycles. The quantitative estimate of drug-likeness (QED) is 0.682. The number of benzene rings is 1. The average Bonchev–Trinajstić information content (AvgIpc) is 3.34. The van der Waals surface area contributed by atoms with E-state index in [0.717, 1.165) is 42.5 Å². The molecule has 2 aromatic rings. The zero-order valence-electron chi connectivity index (χ0n) is 16.8. The molecular weight excluding hydrogens is 374 g/mol. The van der Waals surface area contributed by atoms with Gasteiger partial charge in [0.1, 0.15) is 5.76 Å². The molecule has 6 heteroatoms. The van der Waals surface area contributed by atoms with Crippen LogP contribution < -0.4 is 5.32 Å². The largest absolute Gasteiger partial charge is 0.455 e. The second-order valence-corrected chi connectivity index (χ2v) is 8.07. The van der Waals surface area contributed by atoms with Crippen molar-refractivity contribution < 1.29 is 9.21 Å². The van der Waals surface area contributed by atoms with Crippen LogP contribution in [0, 0.1) is 0 Å². The predicted octanol–water partition coefficient (Wildman–Crippen LogP) is 4.17. The van der Waals surface area contributed by atoms with Crippen LogP contribution in [0.5, 0.6) is 0 Å². The number of amides is 1. The fraction of sp³-hybridized carbons (Fsp3) is 0.500. The highest BCUT2D eigenvalue weighted by molar-refractivity contribution is 6.31. The summed E-state index contributed by atoms with van der Waals surface area (Å²) in [5.74, 6) is 1.01. The first kappa shape index (κ1) is 20.9. The molecule has 1 aliphatic rings. The molecule has 5 nitrogen and oxygen atoms in total. The van der Waals surface area contributed by atoms with E-state index in [4.69, 9.17) is 16.0 Å². The molecule has 1 saturated heterocycles. The lowest BCUT2D eigenvalue weighted by atomic mass is 10.2. The summed E-state index contributed by atoms with van der Waals surface area (Å²) in [5.41, 5.74) is 1.09. The number of likely N-dealkylation sites (tertiary alicyclic amines) is 1. The first-order valence-electron chi connectivity index (χ1n) is 10.1. The summed E-state index contributed by atoms with van der Waals surface area (Å²) >= 11 is 6.31. The Kier molecular flexibility index (Phi) is 7.54. The Bertz CT molecular complexity index is 769. The molecule has 1 fully saturated rings. The van der Waals surface area contributed by atoms with Crippen LogP contribution in [0.2, 0.25) is 5.02 Å². The van der Waals surface area contributed by atoms with Gasteiger partial charge < -0.3 is 14.6 Å². The molecule has 1 N–H and O–H groups in total. The minimum atomic E-state index is -0.146. The van der Waals surface area contributed by atoms with Gasteiger partial charge in [-0.2, -0.15) is 0 Å². The van der Waals surface area contributed by atoms with E-state index in [-0.39, 0.29) is 5.91 Å². The fourth-order valence-electron chi connectivity index (χ4n) is 3.47. The molecule has 2 heterocycles. The molecule has 1 aromatic heterocycles. The zero-order valence-corrected chi connectivity index (χ0v) is 17.5. The molecule has 1 amide bonds. The highest BCUT2D eigenvalue weighted by atomic mass is 35.5. The van der Waals surface area contributed by atoms with Crippen LogP contribution in [0.3, 0.4) is 0 Å². The Hall–Kier alpha value is -1.82. The third kappa shape index (κ3) is 5.84. The Morgan fingerprint density at radius 1 is 1.18 bits per heavy atom. The standard InChI is InChI=1S/C22H30ClN3O2/c1-17(2)26(15-18-7-3-4-8-20(18)23)16-19-9-10-21(28-19)22(27)24-11-14-25-12-5-6-13-25/h3-4,7-10,17H,5-6,11-16H2,1-2H3,(H,24,27). The number of nitrogens with one attached hydrogen (secondary N) is 1. The minimum absolute atomic E-state index is 0.146. The van der Waals surface area contributed by atoms with Crippen LogP contribution in [0.1, 0.15) is 48.6 Å². The van der Waals surface area contributed by atoms with Crippen LogP contribution in [0.15, 0.2) is 40.8 Å². The highest BCUT2D eigenvalue weighted by Crippen LogP contribution is 2.20. The van der Waals surface area contributed by atoms with Crippen LogP contribution in [-0.2, 0) is 13.1 Å².